The van der Waals surface area contributed by atoms with Crippen LogP contribution in [-0.4, -0.2) is 25.8 Å². The van der Waals surface area contributed by atoms with Crippen molar-refractivity contribution in [3.05, 3.63) is 58.6 Å². The van der Waals surface area contributed by atoms with E-state index in [0.29, 0.717) is 6.61 Å². The van der Waals surface area contributed by atoms with Crippen LogP contribution in [0.15, 0.2) is 53.0 Å². The molecule has 0 amide bonds. The molecule has 0 radical (unpaired) electrons. The van der Waals surface area contributed by atoms with Crippen molar-refractivity contribution in [2.24, 2.45) is 0 Å². The summed E-state index contributed by atoms with van der Waals surface area (Å²) < 4.78 is 12.6. The first-order valence-electron chi connectivity index (χ1n) is 7.15. The van der Waals surface area contributed by atoms with Crippen molar-refractivity contribution < 1.29 is 9.47 Å². The van der Waals surface area contributed by atoms with E-state index in [0.717, 1.165) is 35.5 Å². The SMILES string of the molecule is Brc1cccc(OCCNCC2Cc3ccccc3O2)c1. The lowest BCUT2D eigenvalue weighted by Crippen LogP contribution is -2.32. The summed E-state index contributed by atoms with van der Waals surface area (Å²) in [5.41, 5.74) is 1.30. The highest BCUT2D eigenvalue weighted by Gasteiger charge is 2.21. The van der Waals surface area contributed by atoms with Gasteiger partial charge < -0.3 is 14.8 Å². The molecule has 1 atom stereocenters. The Balaban J connectivity index is 1.35. The number of nitrogens with one attached hydrogen (secondary N) is 1. The third-order valence-electron chi connectivity index (χ3n) is 3.43. The average Bonchev–Trinajstić information content (AvgIpc) is 2.89. The van der Waals surface area contributed by atoms with E-state index in [1.807, 2.05) is 36.4 Å². The highest BCUT2D eigenvalue weighted by molar-refractivity contribution is 9.10. The Morgan fingerprint density at radius 1 is 1.19 bits per heavy atom. The number of ether oxygens (including phenoxy) is 2. The highest BCUT2D eigenvalue weighted by atomic mass is 79.9. The van der Waals surface area contributed by atoms with Gasteiger partial charge in [-0.2, -0.15) is 0 Å². The molecule has 0 aromatic heterocycles. The molecule has 110 valence electrons. The molecular formula is C17H18BrNO2. The molecule has 4 heteroatoms. The molecule has 0 spiro atoms. The monoisotopic (exact) mass is 347 g/mol. The van der Waals surface area contributed by atoms with Crippen LogP contribution in [0.4, 0.5) is 0 Å². The summed E-state index contributed by atoms with van der Waals surface area (Å²) in [6.07, 6.45) is 1.21. The van der Waals surface area contributed by atoms with Gasteiger partial charge in [-0.15, -0.1) is 0 Å². The second-order valence-electron chi connectivity index (χ2n) is 5.06. The quantitative estimate of drug-likeness (QED) is 0.812. The van der Waals surface area contributed by atoms with Gasteiger partial charge in [-0.3, -0.25) is 0 Å². The Kier molecular flexibility index (Phi) is 4.78. The minimum atomic E-state index is 0.230. The van der Waals surface area contributed by atoms with Gasteiger partial charge in [-0.1, -0.05) is 40.2 Å². The second-order valence-corrected chi connectivity index (χ2v) is 5.98. The summed E-state index contributed by atoms with van der Waals surface area (Å²) in [5.74, 6) is 1.91. The Hall–Kier alpha value is -1.52. The number of benzene rings is 2. The van der Waals surface area contributed by atoms with Crippen molar-refractivity contribution in [2.75, 3.05) is 19.7 Å². The highest BCUT2D eigenvalue weighted by Crippen LogP contribution is 2.27. The van der Waals surface area contributed by atoms with E-state index < -0.39 is 0 Å². The number of hydrogen-bond donors (Lipinski definition) is 1. The fraction of sp³-hybridized carbons (Fsp3) is 0.294. The molecule has 3 nitrogen and oxygen atoms in total. The normalized spacial score (nSPS) is 16.3. The van der Waals surface area contributed by atoms with Gasteiger partial charge >= 0.3 is 0 Å². The fourth-order valence-electron chi connectivity index (χ4n) is 2.43. The minimum Gasteiger partial charge on any atom is -0.492 e. The lowest BCUT2D eigenvalue weighted by Gasteiger charge is -2.12. The van der Waals surface area contributed by atoms with Crippen molar-refractivity contribution >= 4 is 15.9 Å². The first kappa shape index (κ1) is 14.4. The van der Waals surface area contributed by atoms with Crippen LogP contribution < -0.4 is 14.8 Å². The molecule has 1 aliphatic rings. The zero-order valence-electron chi connectivity index (χ0n) is 11.7. The van der Waals surface area contributed by atoms with Gasteiger partial charge in [0.1, 0.15) is 24.2 Å². The van der Waals surface area contributed by atoms with Crippen LogP contribution in [0, 0.1) is 0 Å². The van der Waals surface area contributed by atoms with Crippen molar-refractivity contribution in [3.8, 4) is 11.5 Å². The smallest absolute Gasteiger partial charge is 0.123 e. The predicted molar refractivity (Wildman–Crippen MR) is 87.1 cm³/mol. The topological polar surface area (TPSA) is 30.5 Å². The van der Waals surface area contributed by atoms with Gasteiger partial charge in [0.15, 0.2) is 0 Å². The summed E-state index contributed by atoms with van der Waals surface area (Å²) in [6.45, 7) is 2.30. The van der Waals surface area contributed by atoms with Gasteiger partial charge in [-0.25, -0.2) is 0 Å². The lowest BCUT2D eigenvalue weighted by atomic mass is 10.1. The molecule has 2 aromatic rings. The number of rotatable bonds is 6. The summed E-state index contributed by atoms with van der Waals surface area (Å²) >= 11 is 3.43. The Labute approximate surface area is 133 Å². The van der Waals surface area contributed by atoms with Crippen molar-refractivity contribution in [3.63, 3.8) is 0 Å². The molecule has 0 saturated heterocycles. The van der Waals surface area contributed by atoms with Crippen LogP contribution in [0.1, 0.15) is 5.56 Å². The van der Waals surface area contributed by atoms with Crippen LogP contribution in [0.3, 0.4) is 0 Å². The molecule has 0 fully saturated rings. The van der Waals surface area contributed by atoms with Gasteiger partial charge in [0.25, 0.3) is 0 Å². The Morgan fingerprint density at radius 2 is 2.10 bits per heavy atom. The van der Waals surface area contributed by atoms with E-state index in [4.69, 9.17) is 9.47 Å². The van der Waals surface area contributed by atoms with Crippen LogP contribution in [0.25, 0.3) is 0 Å². The summed E-state index contributed by atoms with van der Waals surface area (Å²) in [5, 5.41) is 3.39. The molecule has 3 rings (SSSR count). The van der Waals surface area contributed by atoms with Gasteiger partial charge in [0, 0.05) is 24.0 Å². The van der Waals surface area contributed by atoms with Gasteiger partial charge in [0.2, 0.25) is 0 Å². The minimum absolute atomic E-state index is 0.230. The molecule has 1 aliphatic heterocycles. The molecule has 0 saturated carbocycles. The summed E-state index contributed by atoms with van der Waals surface area (Å²) in [7, 11) is 0. The van der Waals surface area contributed by atoms with E-state index >= 15 is 0 Å². The van der Waals surface area contributed by atoms with E-state index in [1.165, 1.54) is 5.56 Å². The molecule has 0 bridgehead atoms. The third kappa shape index (κ3) is 3.99. The zero-order chi connectivity index (χ0) is 14.5. The molecule has 2 aromatic carbocycles. The summed E-state index contributed by atoms with van der Waals surface area (Å²) in [4.78, 5) is 0. The van der Waals surface area contributed by atoms with E-state index in [-0.39, 0.29) is 6.10 Å². The molecule has 1 heterocycles. The molecular weight excluding hydrogens is 330 g/mol. The van der Waals surface area contributed by atoms with E-state index in [1.54, 1.807) is 0 Å². The van der Waals surface area contributed by atoms with Crippen LogP contribution in [0.2, 0.25) is 0 Å². The van der Waals surface area contributed by atoms with Crippen molar-refractivity contribution in [1.82, 2.24) is 5.32 Å². The zero-order valence-corrected chi connectivity index (χ0v) is 13.3. The Bertz CT molecular complexity index is 578. The lowest BCUT2D eigenvalue weighted by molar-refractivity contribution is 0.222. The van der Waals surface area contributed by atoms with Crippen LogP contribution in [0.5, 0.6) is 11.5 Å². The largest absolute Gasteiger partial charge is 0.492 e. The van der Waals surface area contributed by atoms with Gasteiger partial charge in [0.05, 0.1) is 0 Å². The predicted octanol–water partition coefficient (Wildman–Crippen LogP) is 3.42. The van der Waals surface area contributed by atoms with Gasteiger partial charge in [-0.05, 0) is 29.8 Å². The fourth-order valence-corrected chi connectivity index (χ4v) is 2.81. The second kappa shape index (κ2) is 6.96. The molecule has 1 unspecified atom stereocenters. The van der Waals surface area contributed by atoms with Crippen LogP contribution >= 0.6 is 15.9 Å². The van der Waals surface area contributed by atoms with Crippen LogP contribution in [-0.2, 0) is 6.42 Å². The van der Waals surface area contributed by atoms with E-state index in [2.05, 4.69) is 33.4 Å². The molecule has 0 aliphatic carbocycles. The first-order valence-corrected chi connectivity index (χ1v) is 7.94. The number of fused-ring (bicyclic) bond motifs is 1. The number of para-hydroxylation sites is 1. The third-order valence-corrected chi connectivity index (χ3v) is 3.92. The summed E-state index contributed by atoms with van der Waals surface area (Å²) in [6, 6.07) is 16.1. The maximum absolute atomic E-state index is 5.88. The first-order chi connectivity index (χ1) is 10.3. The Morgan fingerprint density at radius 3 is 2.95 bits per heavy atom. The molecule has 21 heavy (non-hydrogen) atoms. The average molecular weight is 348 g/mol. The number of hydrogen-bond acceptors (Lipinski definition) is 3. The number of halogens is 1. The standard InChI is InChI=1S/C17H18BrNO2/c18-14-5-3-6-15(11-14)20-9-8-19-12-16-10-13-4-1-2-7-17(13)21-16/h1-7,11,16,19H,8-10,12H2. The van der Waals surface area contributed by atoms with Crippen molar-refractivity contribution in [1.29, 1.82) is 0 Å². The maximum atomic E-state index is 5.88. The van der Waals surface area contributed by atoms with Crippen molar-refractivity contribution in [2.45, 2.75) is 12.5 Å². The van der Waals surface area contributed by atoms with E-state index in [9.17, 15) is 0 Å². The molecule has 1 N–H and O–H groups in total. The maximum Gasteiger partial charge on any atom is 0.123 e.